The van der Waals surface area contributed by atoms with E-state index in [1.165, 1.54) is 11.3 Å². The molecule has 2 atom stereocenters. The Morgan fingerprint density at radius 1 is 1.42 bits per heavy atom. The molecule has 1 unspecified atom stereocenters. The van der Waals surface area contributed by atoms with Crippen LogP contribution < -0.4 is 15.0 Å². The molecule has 0 aliphatic carbocycles. The summed E-state index contributed by atoms with van der Waals surface area (Å²) in [5.74, 6) is 1.02. The van der Waals surface area contributed by atoms with E-state index in [1.807, 2.05) is 20.8 Å². The van der Waals surface area contributed by atoms with Crippen LogP contribution in [0, 0.1) is 0 Å². The number of carbonyl (C=O) groups excluding carboxylic acids is 1. The summed E-state index contributed by atoms with van der Waals surface area (Å²) >= 11 is 0. The summed E-state index contributed by atoms with van der Waals surface area (Å²) in [7, 11) is 0. The first-order chi connectivity index (χ1) is 11.4. The predicted octanol–water partition coefficient (Wildman–Crippen LogP) is 3.50. The maximum atomic E-state index is 12.0. The van der Waals surface area contributed by atoms with E-state index in [0.717, 1.165) is 38.1 Å². The van der Waals surface area contributed by atoms with Crippen LogP contribution in [-0.4, -0.2) is 36.9 Å². The molecule has 2 aliphatic heterocycles. The number of alkyl carbamates (subject to hydrolysis) is 1. The number of rotatable bonds is 3. The molecule has 2 heterocycles. The summed E-state index contributed by atoms with van der Waals surface area (Å²) in [6.45, 7) is 9.55. The van der Waals surface area contributed by atoms with Crippen molar-refractivity contribution in [1.29, 1.82) is 0 Å². The highest BCUT2D eigenvalue weighted by atomic mass is 16.6. The Kier molecular flexibility index (Phi) is 4.61. The Balaban J connectivity index is 1.63. The van der Waals surface area contributed by atoms with Crippen molar-refractivity contribution in [3.63, 3.8) is 0 Å². The lowest BCUT2D eigenvalue weighted by molar-refractivity contribution is 0.0509. The van der Waals surface area contributed by atoms with E-state index < -0.39 is 5.60 Å². The monoisotopic (exact) mass is 332 g/mol. The molecule has 1 aromatic rings. The van der Waals surface area contributed by atoms with Gasteiger partial charge in [-0.1, -0.05) is 13.0 Å². The molecule has 1 N–H and O–H groups in total. The van der Waals surface area contributed by atoms with Crippen LogP contribution in [0.5, 0.6) is 5.75 Å². The number of nitrogens with one attached hydrogen (secondary N) is 1. The first kappa shape index (κ1) is 16.9. The van der Waals surface area contributed by atoms with Gasteiger partial charge in [0.2, 0.25) is 0 Å². The Labute approximate surface area is 144 Å². The van der Waals surface area contributed by atoms with Gasteiger partial charge >= 0.3 is 6.09 Å². The molecular formula is C19H28N2O3. The number of hydrogen-bond donors (Lipinski definition) is 1. The molecule has 0 spiro atoms. The van der Waals surface area contributed by atoms with Crippen molar-refractivity contribution >= 4 is 11.8 Å². The molecule has 1 aromatic carbocycles. The van der Waals surface area contributed by atoms with Crippen molar-refractivity contribution < 1.29 is 14.3 Å². The average molecular weight is 332 g/mol. The van der Waals surface area contributed by atoms with Crippen LogP contribution in [0.2, 0.25) is 0 Å². The van der Waals surface area contributed by atoms with E-state index in [1.54, 1.807) is 0 Å². The minimum absolute atomic E-state index is 0.125. The quantitative estimate of drug-likeness (QED) is 0.920. The van der Waals surface area contributed by atoms with Gasteiger partial charge in [0.25, 0.3) is 0 Å². The molecule has 0 bridgehead atoms. The molecule has 1 saturated heterocycles. The Morgan fingerprint density at radius 3 is 2.92 bits per heavy atom. The molecule has 3 rings (SSSR count). The van der Waals surface area contributed by atoms with E-state index in [9.17, 15) is 4.79 Å². The number of carbonyl (C=O) groups is 1. The van der Waals surface area contributed by atoms with Gasteiger partial charge < -0.3 is 19.7 Å². The molecule has 2 aliphatic rings. The largest absolute Gasteiger partial charge is 0.490 e. The van der Waals surface area contributed by atoms with E-state index in [0.29, 0.717) is 6.10 Å². The summed E-state index contributed by atoms with van der Waals surface area (Å²) in [4.78, 5) is 14.3. The molecule has 0 aromatic heterocycles. The van der Waals surface area contributed by atoms with Gasteiger partial charge in [0, 0.05) is 30.8 Å². The van der Waals surface area contributed by atoms with Crippen LogP contribution in [-0.2, 0) is 11.2 Å². The second-order valence-corrected chi connectivity index (χ2v) is 7.68. The lowest BCUT2D eigenvalue weighted by atomic mass is 10.1. The highest BCUT2D eigenvalue weighted by Gasteiger charge is 2.30. The highest BCUT2D eigenvalue weighted by molar-refractivity contribution is 5.69. The van der Waals surface area contributed by atoms with Gasteiger partial charge in [-0.3, -0.25) is 0 Å². The maximum Gasteiger partial charge on any atom is 0.407 e. The summed E-state index contributed by atoms with van der Waals surface area (Å²) in [5, 5.41) is 2.99. The summed E-state index contributed by atoms with van der Waals surface area (Å²) in [6.07, 6.45) is 2.89. The van der Waals surface area contributed by atoms with Crippen molar-refractivity contribution in [2.75, 3.05) is 18.0 Å². The van der Waals surface area contributed by atoms with E-state index in [-0.39, 0.29) is 12.1 Å². The minimum Gasteiger partial charge on any atom is -0.490 e. The normalized spacial score (nSPS) is 22.9. The second-order valence-electron chi connectivity index (χ2n) is 7.68. The fourth-order valence-electron chi connectivity index (χ4n) is 3.41. The number of nitrogens with zero attached hydrogens (tertiary/aromatic N) is 1. The zero-order valence-corrected chi connectivity index (χ0v) is 15.1. The topological polar surface area (TPSA) is 50.8 Å². The number of ether oxygens (including phenoxy) is 2. The van der Waals surface area contributed by atoms with Crippen molar-refractivity contribution in [3.8, 4) is 5.75 Å². The predicted molar refractivity (Wildman–Crippen MR) is 94.8 cm³/mol. The lowest BCUT2D eigenvalue weighted by Gasteiger charge is -2.23. The van der Waals surface area contributed by atoms with Gasteiger partial charge in [-0.15, -0.1) is 0 Å². The zero-order valence-electron chi connectivity index (χ0n) is 15.1. The first-order valence-corrected chi connectivity index (χ1v) is 8.88. The fourth-order valence-corrected chi connectivity index (χ4v) is 3.41. The Bertz CT molecular complexity index is 609. The van der Waals surface area contributed by atoms with E-state index in [4.69, 9.17) is 9.47 Å². The Hall–Kier alpha value is -1.91. The van der Waals surface area contributed by atoms with Crippen LogP contribution >= 0.6 is 0 Å². The molecule has 24 heavy (non-hydrogen) atoms. The van der Waals surface area contributed by atoms with Gasteiger partial charge in [-0.2, -0.15) is 0 Å². The van der Waals surface area contributed by atoms with Crippen LogP contribution in [0.3, 0.4) is 0 Å². The van der Waals surface area contributed by atoms with Crippen LogP contribution in [0.1, 0.15) is 46.1 Å². The van der Waals surface area contributed by atoms with Gasteiger partial charge in [-0.25, -0.2) is 4.79 Å². The summed E-state index contributed by atoms with van der Waals surface area (Å²) in [6, 6.07) is 6.40. The average Bonchev–Trinajstić information content (AvgIpc) is 3.10. The van der Waals surface area contributed by atoms with Gasteiger partial charge in [0.05, 0.1) is 6.04 Å². The minimum atomic E-state index is -0.463. The summed E-state index contributed by atoms with van der Waals surface area (Å²) < 4.78 is 11.3. The van der Waals surface area contributed by atoms with Crippen molar-refractivity contribution in [2.45, 2.75) is 64.7 Å². The van der Waals surface area contributed by atoms with Gasteiger partial charge in [-0.05, 0) is 45.7 Å². The van der Waals surface area contributed by atoms with Gasteiger partial charge in [0.15, 0.2) is 0 Å². The number of anilines is 1. The third-order valence-corrected chi connectivity index (χ3v) is 4.54. The van der Waals surface area contributed by atoms with Crippen LogP contribution in [0.4, 0.5) is 10.5 Å². The van der Waals surface area contributed by atoms with Crippen molar-refractivity contribution in [1.82, 2.24) is 5.32 Å². The molecule has 1 fully saturated rings. The molecule has 0 radical (unpaired) electrons. The molecule has 5 heteroatoms. The number of benzene rings is 1. The summed E-state index contributed by atoms with van der Waals surface area (Å²) in [5.41, 5.74) is 2.09. The molecule has 0 saturated carbocycles. The smallest absolute Gasteiger partial charge is 0.407 e. The molecule has 5 nitrogen and oxygen atoms in total. The number of amides is 1. The van der Waals surface area contributed by atoms with Crippen LogP contribution in [0.25, 0.3) is 0 Å². The third kappa shape index (κ3) is 3.77. The molecular weight excluding hydrogens is 304 g/mol. The standard InChI is InChI=1S/C19H28N2O3/c1-5-14-11-15-16(7-6-8-17(15)23-14)21-10-9-13(12-21)20-18(22)24-19(2,3)4/h6-8,13-14H,5,9-12H2,1-4H3,(H,20,22)/t13-,14?/m0/s1. The Morgan fingerprint density at radius 2 is 2.21 bits per heavy atom. The number of hydrogen-bond acceptors (Lipinski definition) is 4. The van der Waals surface area contributed by atoms with Crippen molar-refractivity contribution in [2.24, 2.45) is 0 Å². The van der Waals surface area contributed by atoms with E-state index in [2.05, 4.69) is 35.3 Å². The van der Waals surface area contributed by atoms with E-state index >= 15 is 0 Å². The zero-order chi connectivity index (χ0) is 17.3. The third-order valence-electron chi connectivity index (χ3n) is 4.54. The van der Waals surface area contributed by atoms with Crippen molar-refractivity contribution in [3.05, 3.63) is 23.8 Å². The van der Waals surface area contributed by atoms with Gasteiger partial charge in [0.1, 0.15) is 17.5 Å². The first-order valence-electron chi connectivity index (χ1n) is 8.88. The molecule has 1 amide bonds. The fraction of sp³-hybridized carbons (Fsp3) is 0.632. The highest BCUT2D eigenvalue weighted by Crippen LogP contribution is 2.38. The lowest BCUT2D eigenvalue weighted by Crippen LogP contribution is -2.40. The number of fused-ring (bicyclic) bond motifs is 1. The van der Waals surface area contributed by atoms with Crippen LogP contribution in [0.15, 0.2) is 18.2 Å². The maximum absolute atomic E-state index is 12.0. The second kappa shape index (κ2) is 6.54. The SMILES string of the molecule is CCC1Cc2c(cccc2N2CC[C@H](NC(=O)OC(C)(C)C)C2)O1. The molecule has 132 valence electrons.